The van der Waals surface area contributed by atoms with Crippen molar-refractivity contribution in [1.82, 2.24) is 0 Å². The van der Waals surface area contributed by atoms with Gasteiger partial charge in [-0.1, -0.05) is 19.8 Å². The highest BCUT2D eigenvalue weighted by Crippen LogP contribution is 2.60. The second kappa shape index (κ2) is 4.42. The van der Waals surface area contributed by atoms with E-state index in [0.717, 1.165) is 5.92 Å². The summed E-state index contributed by atoms with van der Waals surface area (Å²) in [7, 11) is 0. The maximum Gasteiger partial charge on any atom is 0.0514 e. The molecule has 2 fully saturated rings. The maximum atomic E-state index is 9.65. The molecule has 2 rings (SSSR count). The smallest absolute Gasteiger partial charge is 0.0514 e. The van der Waals surface area contributed by atoms with Crippen LogP contribution in [0.5, 0.6) is 0 Å². The Labute approximate surface area is 92.7 Å². The second-order valence-electron chi connectivity index (χ2n) is 5.57. The van der Waals surface area contributed by atoms with Crippen molar-refractivity contribution in [3.63, 3.8) is 0 Å². The van der Waals surface area contributed by atoms with Crippen molar-refractivity contribution in [3.8, 4) is 0 Å². The van der Waals surface area contributed by atoms with E-state index in [1.165, 1.54) is 38.5 Å². The van der Waals surface area contributed by atoms with Gasteiger partial charge in [-0.05, 0) is 43.4 Å². The van der Waals surface area contributed by atoms with Gasteiger partial charge >= 0.3 is 0 Å². The first-order chi connectivity index (χ1) is 7.28. The van der Waals surface area contributed by atoms with Crippen molar-refractivity contribution in [2.75, 3.05) is 13.2 Å². The average Bonchev–Trinajstić information content (AvgIpc) is 2.84. The van der Waals surface area contributed by atoms with Gasteiger partial charge in [0.05, 0.1) is 13.2 Å². The molecular formula is C13H24O2. The van der Waals surface area contributed by atoms with Crippen LogP contribution in [0, 0.1) is 23.2 Å². The van der Waals surface area contributed by atoms with Gasteiger partial charge < -0.3 is 10.2 Å². The molecule has 2 N–H and O–H groups in total. The summed E-state index contributed by atoms with van der Waals surface area (Å²) in [5.74, 6) is 1.98. The van der Waals surface area contributed by atoms with Gasteiger partial charge in [0.1, 0.15) is 0 Å². The van der Waals surface area contributed by atoms with Crippen LogP contribution >= 0.6 is 0 Å². The van der Waals surface area contributed by atoms with Crippen LogP contribution < -0.4 is 0 Å². The Hall–Kier alpha value is -0.0800. The van der Waals surface area contributed by atoms with Gasteiger partial charge in [-0.3, -0.25) is 0 Å². The zero-order valence-electron chi connectivity index (χ0n) is 9.78. The van der Waals surface area contributed by atoms with Crippen LogP contribution in [0.15, 0.2) is 0 Å². The zero-order valence-corrected chi connectivity index (χ0v) is 9.78. The number of aliphatic hydroxyl groups is 2. The van der Waals surface area contributed by atoms with Crippen LogP contribution in [0.2, 0.25) is 0 Å². The molecule has 3 unspecified atom stereocenters. The molecule has 2 nitrogen and oxygen atoms in total. The summed E-state index contributed by atoms with van der Waals surface area (Å²) in [4.78, 5) is 0. The quantitative estimate of drug-likeness (QED) is 0.733. The predicted octanol–water partition coefficient (Wildman–Crippen LogP) is 2.19. The Morgan fingerprint density at radius 1 is 1.20 bits per heavy atom. The molecule has 2 bridgehead atoms. The van der Waals surface area contributed by atoms with Gasteiger partial charge in [-0.2, -0.15) is 0 Å². The summed E-state index contributed by atoms with van der Waals surface area (Å²) < 4.78 is 0. The summed E-state index contributed by atoms with van der Waals surface area (Å²) >= 11 is 0. The highest BCUT2D eigenvalue weighted by molar-refractivity contribution is 5.05. The lowest BCUT2D eigenvalue weighted by atomic mass is 9.65. The van der Waals surface area contributed by atoms with Crippen LogP contribution in [-0.2, 0) is 0 Å². The van der Waals surface area contributed by atoms with Crippen LogP contribution in [0.3, 0.4) is 0 Å². The molecular weight excluding hydrogens is 188 g/mol. The van der Waals surface area contributed by atoms with E-state index in [9.17, 15) is 10.2 Å². The molecule has 2 saturated carbocycles. The lowest BCUT2D eigenvalue weighted by Crippen LogP contribution is -2.42. The number of aliphatic hydroxyl groups excluding tert-OH is 2. The Morgan fingerprint density at radius 3 is 2.53 bits per heavy atom. The summed E-state index contributed by atoms with van der Waals surface area (Å²) in [6.07, 6.45) is 7.50. The van der Waals surface area contributed by atoms with E-state index in [1.54, 1.807) is 0 Å². The molecule has 2 aliphatic rings. The number of rotatable bonds is 5. The molecule has 0 aromatic rings. The lowest BCUT2D eigenvalue weighted by molar-refractivity contribution is -0.0389. The van der Waals surface area contributed by atoms with E-state index >= 15 is 0 Å². The van der Waals surface area contributed by atoms with E-state index in [0.29, 0.717) is 11.8 Å². The minimum absolute atomic E-state index is 0.127. The maximum absolute atomic E-state index is 9.65. The molecule has 0 radical (unpaired) electrons. The second-order valence-corrected chi connectivity index (χ2v) is 5.57. The molecule has 3 atom stereocenters. The Bertz CT molecular complexity index is 211. The fourth-order valence-corrected chi connectivity index (χ4v) is 4.17. The van der Waals surface area contributed by atoms with E-state index in [-0.39, 0.29) is 18.6 Å². The fourth-order valence-electron chi connectivity index (χ4n) is 4.17. The average molecular weight is 212 g/mol. The molecule has 0 aliphatic heterocycles. The molecule has 2 heteroatoms. The van der Waals surface area contributed by atoms with E-state index in [1.807, 2.05) is 0 Å². The summed E-state index contributed by atoms with van der Waals surface area (Å²) in [5.41, 5.74) is -0.127. The first-order valence-electron chi connectivity index (χ1n) is 6.50. The van der Waals surface area contributed by atoms with Crippen molar-refractivity contribution >= 4 is 0 Å². The number of hydrogen-bond donors (Lipinski definition) is 2. The molecule has 0 aromatic carbocycles. The highest BCUT2D eigenvalue weighted by atomic mass is 16.3. The molecule has 88 valence electrons. The number of hydrogen-bond acceptors (Lipinski definition) is 2. The number of fused-ring (bicyclic) bond motifs is 2. The summed E-state index contributed by atoms with van der Waals surface area (Å²) in [5, 5.41) is 19.3. The van der Waals surface area contributed by atoms with E-state index in [4.69, 9.17) is 0 Å². The lowest BCUT2D eigenvalue weighted by Gasteiger charge is -2.41. The van der Waals surface area contributed by atoms with Crippen LogP contribution in [0.25, 0.3) is 0 Å². The molecule has 0 aromatic heterocycles. The third-order valence-electron chi connectivity index (χ3n) is 5.05. The van der Waals surface area contributed by atoms with Crippen molar-refractivity contribution in [2.45, 2.75) is 45.4 Å². The van der Waals surface area contributed by atoms with Crippen molar-refractivity contribution < 1.29 is 10.2 Å². The van der Waals surface area contributed by atoms with Gasteiger partial charge in [-0.25, -0.2) is 0 Å². The molecule has 15 heavy (non-hydrogen) atoms. The van der Waals surface area contributed by atoms with Gasteiger partial charge in [0.25, 0.3) is 0 Å². The normalized spacial score (nSPS) is 37.4. The highest BCUT2D eigenvalue weighted by Gasteiger charge is 2.56. The zero-order chi connectivity index (χ0) is 10.9. The Balaban J connectivity index is 2.11. The predicted molar refractivity (Wildman–Crippen MR) is 60.5 cm³/mol. The van der Waals surface area contributed by atoms with Crippen LogP contribution in [0.1, 0.15) is 45.4 Å². The molecule has 0 amide bonds. The van der Waals surface area contributed by atoms with Gasteiger partial charge in [-0.15, -0.1) is 0 Å². The minimum atomic E-state index is -0.127. The minimum Gasteiger partial charge on any atom is -0.396 e. The molecule has 0 heterocycles. The molecule has 0 saturated heterocycles. The summed E-state index contributed by atoms with van der Waals surface area (Å²) in [6, 6.07) is 0. The van der Waals surface area contributed by atoms with E-state index in [2.05, 4.69) is 6.92 Å². The van der Waals surface area contributed by atoms with Crippen molar-refractivity contribution in [2.24, 2.45) is 23.2 Å². The first-order valence-corrected chi connectivity index (χ1v) is 6.50. The van der Waals surface area contributed by atoms with Crippen LogP contribution in [-0.4, -0.2) is 23.4 Å². The molecule has 0 spiro atoms. The monoisotopic (exact) mass is 212 g/mol. The SMILES string of the molecule is CCCCC1C2CCC(C2)C1(CO)CO. The van der Waals surface area contributed by atoms with Crippen molar-refractivity contribution in [1.29, 1.82) is 0 Å². The summed E-state index contributed by atoms with van der Waals surface area (Å²) in [6.45, 7) is 2.60. The van der Waals surface area contributed by atoms with Crippen LogP contribution in [0.4, 0.5) is 0 Å². The van der Waals surface area contributed by atoms with E-state index < -0.39 is 0 Å². The Morgan fingerprint density at radius 2 is 1.93 bits per heavy atom. The first kappa shape index (κ1) is 11.4. The standard InChI is InChI=1S/C13H24O2/c1-2-3-4-12-10-5-6-11(7-10)13(12,8-14)9-15/h10-12,14-15H,2-9H2,1H3. The van der Waals surface area contributed by atoms with Gasteiger partial charge in [0, 0.05) is 5.41 Å². The van der Waals surface area contributed by atoms with Gasteiger partial charge in [0.15, 0.2) is 0 Å². The largest absolute Gasteiger partial charge is 0.396 e. The third kappa shape index (κ3) is 1.62. The topological polar surface area (TPSA) is 40.5 Å². The number of unbranched alkanes of at least 4 members (excludes halogenated alkanes) is 1. The van der Waals surface area contributed by atoms with Crippen molar-refractivity contribution in [3.05, 3.63) is 0 Å². The molecule has 2 aliphatic carbocycles. The van der Waals surface area contributed by atoms with Gasteiger partial charge in [0.2, 0.25) is 0 Å². The third-order valence-corrected chi connectivity index (χ3v) is 5.05. The Kier molecular flexibility index (Phi) is 3.36. The fraction of sp³-hybridized carbons (Fsp3) is 1.00.